The van der Waals surface area contributed by atoms with Crippen LogP contribution in [0.15, 0.2) is 59.6 Å². The molecule has 0 unspecified atom stereocenters. The Morgan fingerprint density at radius 1 is 0.967 bits per heavy atom. The van der Waals surface area contributed by atoms with Crippen LogP contribution in [0.2, 0.25) is 0 Å². The fourth-order valence-electron chi connectivity index (χ4n) is 4.63. The molecule has 2 aromatic rings. The van der Waals surface area contributed by atoms with Crippen LogP contribution in [0, 0.1) is 33.5 Å². The van der Waals surface area contributed by atoms with E-state index in [4.69, 9.17) is 19.9 Å². The van der Waals surface area contributed by atoms with Gasteiger partial charge in [-0.15, -0.1) is 0 Å². The second kappa shape index (κ2) is 7.14. The maximum Gasteiger partial charge on any atom is 0.293 e. The number of rotatable bonds is 7. The fraction of sp³-hybridized carbons (Fsp3) is 0.348. The van der Waals surface area contributed by atoms with E-state index in [1.54, 1.807) is 13.8 Å². The van der Waals surface area contributed by atoms with Crippen LogP contribution in [0.1, 0.15) is 25.3 Å². The summed E-state index contributed by atoms with van der Waals surface area (Å²) in [4.78, 5) is 4.36. The number of para-hydroxylation sites is 1. The van der Waals surface area contributed by atoms with Gasteiger partial charge in [0.2, 0.25) is 0 Å². The van der Waals surface area contributed by atoms with Crippen LogP contribution in [0.4, 0.5) is 0 Å². The molecule has 30 heavy (non-hydrogen) atoms. The van der Waals surface area contributed by atoms with Crippen molar-refractivity contribution in [1.29, 1.82) is 10.5 Å². The first-order valence-corrected chi connectivity index (χ1v) is 9.84. The van der Waals surface area contributed by atoms with Crippen molar-refractivity contribution < 1.29 is 14.2 Å². The lowest BCUT2D eigenvalue weighted by Gasteiger charge is -2.31. The number of ether oxygens (including phenoxy) is 3. The molecule has 0 amide bonds. The molecular formula is C23H22N4O3. The van der Waals surface area contributed by atoms with E-state index in [0.29, 0.717) is 11.5 Å². The van der Waals surface area contributed by atoms with Gasteiger partial charge in [0.15, 0.2) is 5.41 Å². The molecule has 1 heterocycles. The lowest BCUT2D eigenvalue weighted by molar-refractivity contribution is -0.255. The normalized spacial score (nSPS) is 28.0. The molecule has 0 saturated heterocycles. The van der Waals surface area contributed by atoms with Gasteiger partial charge in [-0.2, -0.15) is 10.5 Å². The van der Waals surface area contributed by atoms with E-state index in [0.717, 1.165) is 5.56 Å². The zero-order chi connectivity index (χ0) is 21.4. The Bertz CT molecular complexity index is 1070. The summed E-state index contributed by atoms with van der Waals surface area (Å²) in [6.45, 7) is 4.09. The number of nitrogens with two attached hydrogens (primary N) is 1. The van der Waals surface area contributed by atoms with Crippen LogP contribution >= 0.6 is 0 Å². The monoisotopic (exact) mass is 402 g/mol. The van der Waals surface area contributed by atoms with E-state index >= 15 is 0 Å². The third-order valence-electron chi connectivity index (χ3n) is 5.78. The molecule has 1 aliphatic carbocycles. The van der Waals surface area contributed by atoms with Gasteiger partial charge in [0.05, 0.1) is 12.1 Å². The summed E-state index contributed by atoms with van der Waals surface area (Å²) in [5, 5.41) is 20.4. The Morgan fingerprint density at radius 2 is 1.63 bits per heavy atom. The smallest absolute Gasteiger partial charge is 0.293 e. The first kappa shape index (κ1) is 19.9. The van der Waals surface area contributed by atoms with E-state index in [-0.39, 0.29) is 19.0 Å². The highest BCUT2D eigenvalue weighted by molar-refractivity contribution is 6.00. The predicted molar refractivity (Wildman–Crippen MR) is 109 cm³/mol. The zero-order valence-corrected chi connectivity index (χ0v) is 16.8. The van der Waals surface area contributed by atoms with Crippen LogP contribution in [-0.2, 0) is 9.47 Å². The molecule has 7 heteroatoms. The average molecular weight is 402 g/mol. The maximum absolute atomic E-state index is 10.3. The Labute approximate surface area is 175 Å². The molecule has 0 radical (unpaired) electrons. The molecule has 0 spiro atoms. The van der Waals surface area contributed by atoms with Gasteiger partial charge >= 0.3 is 0 Å². The van der Waals surface area contributed by atoms with Gasteiger partial charge in [-0.25, -0.2) is 4.99 Å². The molecule has 7 nitrogen and oxygen atoms in total. The third kappa shape index (κ3) is 2.40. The summed E-state index contributed by atoms with van der Waals surface area (Å²) in [7, 11) is 0. The summed E-state index contributed by atoms with van der Waals surface area (Å²) in [5.74, 6) is -0.831. The quantitative estimate of drug-likeness (QED) is 0.707. The van der Waals surface area contributed by atoms with Crippen LogP contribution in [0.3, 0.4) is 0 Å². The molecule has 2 aliphatic rings. The van der Waals surface area contributed by atoms with Gasteiger partial charge < -0.3 is 19.9 Å². The van der Waals surface area contributed by atoms with E-state index in [9.17, 15) is 10.5 Å². The summed E-state index contributed by atoms with van der Waals surface area (Å²) < 4.78 is 17.7. The zero-order valence-electron chi connectivity index (χ0n) is 16.8. The standard InChI is InChI=1S/C23H22N4O3/c1-3-28-23(29-4-2)22(15-25)19(21(22,14-24)20(26)27-23)16-9-8-12-18(13-16)30-17-10-6-5-7-11-17/h5-13,19H,3-4H2,1-2H3,(H2,26,27)/t19-,21+,22+/m0/s1. The van der Waals surface area contributed by atoms with Crippen LogP contribution in [-0.4, -0.2) is 25.0 Å². The van der Waals surface area contributed by atoms with Crippen molar-refractivity contribution in [2.45, 2.75) is 25.7 Å². The molecule has 2 N–H and O–H groups in total. The van der Waals surface area contributed by atoms with Crippen LogP contribution < -0.4 is 10.5 Å². The molecule has 3 atom stereocenters. The predicted octanol–water partition coefficient (Wildman–Crippen LogP) is 3.69. The number of nitrogens with zero attached hydrogens (tertiary/aromatic N) is 3. The topological polar surface area (TPSA) is 114 Å². The lowest BCUT2D eigenvalue weighted by atomic mass is 9.93. The van der Waals surface area contributed by atoms with Gasteiger partial charge in [0, 0.05) is 19.1 Å². The molecule has 1 aliphatic heterocycles. The number of amidine groups is 1. The molecular weight excluding hydrogens is 380 g/mol. The first-order valence-electron chi connectivity index (χ1n) is 9.84. The highest BCUT2D eigenvalue weighted by Crippen LogP contribution is 2.82. The lowest BCUT2D eigenvalue weighted by Crippen LogP contribution is -2.43. The largest absolute Gasteiger partial charge is 0.457 e. The highest BCUT2D eigenvalue weighted by Gasteiger charge is 2.93. The van der Waals surface area contributed by atoms with Crippen LogP contribution in [0.5, 0.6) is 11.5 Å². The first-order chi connectivity index (χ1) is 14.5. The average Bonchev–Trinajstić information content (AvgIpc) is 3.34. The highest BCUT2D eigenvalue weighted by atomic mass is 16.7. The molecule has 1 saturated carbocycles. The summed E-state index contributed by atoms with van der Waals surface area (Å²) >= 11 is 0. The molecule has 4 rings (SSSR count). The summed E-state index contributed by atoms with van der Waals surface area (Å²) in [5.41, 5.74) is 4.28. The molecule has 152 valence electrons. The Hall–Kier alpha value is -3.39. The molecule has 0 bridgehead atoms. The van der Waals surface area contributed by atoms with Crippen molar-refractivity contribution >= 4 is 5.84 Å². The maximum atomic E-state index is 10.3. The third-order valence-corrected chi connectivity index (χ3v) is 5.78. The van der Waals surface area contributed by atoms with Crippen LogP contribution in [0.25, 0.3) is 0 Å². The molecule has 1 fully saturated rings. The number of hydrogen-bond acceptors (Lipinski definition) is 7. The summed E-state index contributed by atoms with van der Waals surface area (Å²) in [6.07, 6.45) is 0. The minimum Gasteiger partial charge on any atom is -0.457 e. The SMILES string of the molecule is CCOC1(OCC)N=C(N)[C@@]2(C#N)[C@H](c3cccc(Oc4ccccc4)c3)[C@@]12C#N. The molecule has 2 aromatic carbocycles. The van der Waals surface area contributed by atoms with Crippen molar-refractivity contribution in [3.63, 3.8) is 0 Å². The van der Waals surface area contributed by atoms with Crippen molar-refractivity contribution in [2.24, 2.45) is 21.6 Å². The Balaban J connectivity index is 1.79. The van der Waals surface area contributed by atoms with E-state index in [2.05, 4.69) is 17.1 Å². The number of fused-ring (bicyclic) bond motifs is 1. The van der Waals surface area contributed by atoms with Gasteiger partial charge in [0.25, 0.3) is 5.91 Å². The Kier molecular flexibility index (Phi) is 4.74. The van der Waals surface area contributed by atoms with E-state index in [1.165, 1.54) is 0 Å². The minimum absolute atomic E-state index is 0.0628. The second-order valence-electron chi connectivity index (χ2n) is 7.21. The number of hydrogen-bond donors (Lipinski definition) is 1. The second-order valence-corrected chi connectivity index (χ2v) is 7.21. The minimum atomic E-state index is -1.62. The van der Waals surface area contributed by atoms with E-state index in [1.807, 2.05) is 54.6 Å². The van der Waals surface area contributed by atoms with Crippen molar-refractivity contribution in [1.82, 2.24) is 0 Å². The van der Waals surface area contributed by atoms with Crippen molar-refractivity contribution in [2.75, 3.05) is 13.2 Å². The summed E-state index contributed by atoms with van der Waals surface area (Å²) in [6, 6.07) is 21.3. The van der Waals surface area contributed by atoms with Gasteiger partial charge in [-0.1, -0.05) is 30.3 Å². The number of benzene rings is 2. The van der Waals surface area contributed by atoms with Crippen molar-refractivity contribution in [3.8, 4) is 23.6 Å². The van der Waals surface area contributed by atoms with E-state index < -0.39 is 22.7 Å². The Morgan fingerprint density at radius 3 is 2.23 bits per heavy atom. The number of aliphatic imine (C=N–C) groups is 1. The van der Waals surface area contributed by atoms with Gasteiger partial charge in [-0.05, 0) is 43.7 Å². The number of nitriles is 2. The van der Waals surface area contributed by atoms with Crippen molar-refractivity contribution in [3.05, 3.63) is 60.2 Å². The fourth-order valence-corrected chi connectivity index (χ4v) is 4.63. The molecule has 0 aromatic heterocycles. The van der Waals surface area contributed by atoms with Gasteiger partial charge in [0.1, 0.15) is 22.7 Å². The van der Waals surface area contributed by atoms with Gasteiger partial charge in [-0.3, -0.25) is 0 Å².